The van der Waals surface area contributed by atoms with Gasteiger partial charge in [0.2, 0.25) is 5.88 Å². The Morgan fingerprint density at radius 2 is 2.06 bits per heavy atom. The summed E-state index contributed by atoms with van der Waals surface area (Å²) in [5.74, 6) is -3.56. The maximum atomic E-state index is 15.3. The number of aryl methyl sites for hydroxylation is 2. The van der Waals surface area contributed by atoms with Crippen LogP contribution < -0.4 is 9.47 Å². The second-order valence-corrected chi connectivity index (χ2v) is 8.34. The molecule has 1 unspecified atom stereocenters. The molecule has 3 heterocycles. The predicted octanol–water partition coefficient (Wildman–Crippen LogP) is 4.34. The third kappa shape index (κ3) is 4.79. The highest BCUT2D eigenvalue weighted by atomic mass is 19.1. The number of pyridine rings is 1. The van der Waals surface area contributed by atoms with Gasteiger partial charge in [-0.2, -0.15) is 0 Å². The Balaban J connectivity index is 1.62. The number of carboxylic acids is 1. The molecule has 10 heteroatoms. The van der Waals surface area contributed by atoms with Crippen LogP contribution >= 0.6 is 0 Å². The van der Waals surface area contributed by atoms with E-state index in [0.29, 0.717) is 42.1 Å². The molecule has 1 aromatic carbocycles. The van der Waals surface area contributed by atoms with Crippen LogP contribution in [0.4, 0.5) is 8.78 Å². The first kappa shape index (κ1) is 24.5. The molecule has 2 aromatic heterocycles. The number of aromatic nitrogens is 3. The van der Waals surface area contributed by atoms with Crippen LogP contribution in [0.15, 0.2) is 30.6 Å². The molecule has 0 saturated carbocycles. The van der Waals surface area contributed by atoms with Gasteiger partial charge in [-0.15, -0.1) is 0 Å². The van der Waals surface area contributed by atoms with E-state index in [1.165, 1.54) is 25.3 Å². The van der Waals surface area contributed by atoms with Gasteiger partial charge in [0.05, 0.1) is 48.1 Å². The number of aliphatic hydroxyl groups excluding tert-OH is 1. The summed E-state index contributed by atoms with van der Waals surface area (Å²) in [6.07, 6.45) is 1.37. The van der Waals surface area contributed by atoms with Crippen molar-refractivity contribution in [3.63, 3.8) is 0 Å². The van der Waals surface area contributed by atoms with E-state index in [1.807, 2.05) is 0 Å². The summed E-state index contributed by atoms with van der Waals surface area (Å²) in [7, 11) is 0. The quantitative estimate of drug-likeness (QED) is 0.508. The number of carboxylic acid groups (broad SMARTS) is 1. The molecule has 184 valence electrons. The highest BCUT2D eigenvalue weighted by molar-refractivity contribution is 5.70. The summed E-state index contributed by atoms with van der Waals surface area (Å²) in [4.78, 5) is 24.0. The lowest BCUT2D eigenvalue weighted by molar-refractivity contribution is -0.145. The van der Waals surface area contributed by atoms with E-state index in [-0.39, 0.29) is 22.8 Å². The van der Waals surface area contributed by atoms with Crippen LogP contribution in [0, 0.1) is 24.5 Å². The first-order chi connectivity index (χ1) is 16.7. The smallest absolute Gasteiger partial charge is 0.309 e. The minimum Gasteiger partial charge on any atom is -0.481 e. The molecule has 8 nitrogen and oxygen atoms in total. The van der Waals surface area contributed by atoms with E-state index in [0.717, 1.165) is 6.20 Å². The fourth-order valence-corrected chi connectivity index (χ4v) is 4.01. The first-order valence-corrected chi connectivity index (χ1v) is 11.2. The molecule has 0 bridgehead atoms. The lowest BCUT2D eigenvalue weighted by atomic mass is 9.93. The molecular formula is C25H25F2N3O5. The largest absolute Gasteiger partial charge is 0.481 e. The average molecular weight is 485 g/mol. The van der Waals surface area contributed by atoms with Gasteiger partial charge >= 0.3 is 5.97 Å². The molecular weight excluding hydrogens is 460 g/mol. The monoisotopic (exact) mass is 485 g/mol. The van der Waals surface area contributed by atoms with Gasteiger partial charge in [0.1, 0.15) is 6.10 Å². The number of benzene rings is 1. The number of hydrogen-bond donors (Lipinski definition) is 2. The van der Waals surface area contributed by atoms with Crippen LogP contribution in [0.5, 0.6) is 11.6 Å². The molecule has 0 fully saturated rings. The molecule has 0 spiro atoms. The van der Waals surface area contributed by atoms with Gasteiger partial charge in [-0.25, -0.2) is 13.8 Å². The Morgan fingerprint density at radius 1 is 1.29 bits per heavy atom. The summed E-state index contributed by atoms with van der Waals surface area (Å²) in [6.45, 7) is 5.17. The molecule has 35 heavy (non-hydrogen) atoms. The summed E-state index contributed by atoms with van der Waals surface area (Å²) < 4.78 is 41.0. The van der Waals surface area contributed by atoms with Crippen LogP contribution in [0.2, 0.25) is 0 Å². The van der Waals surface area contributed by atoms with E-state index in [2.05, 4.69) is 15.0 Å². The highest BCUT2D eigenvalue weighted by Crippen LogP contribution is 2.40. The number of fused-ring (bicyclic) bond motifs is 1. The summed E-state index contributed by atoms with van der Waals surface area (Å²) >= 11 is 0. The van der Waals surface area contributed by atoms with Gasteiger partial charge in [0, 0.05) is 17.2 Å². The number of ether oxygens (including phenoxy) is 2. The summed E-state index contributed by atoms with van der Waals surface area (Å²) in [5, 5.41) is 19.5. The molecule has 1 aliphatic rings. The SMILES string of the molecule is CCOc1cc(-c2ncc(C3CCc4ccc([C@H](O)[C@H](C)C(=O)O)c(F)c4O3)nc2C)c(F)cn1. The maximum Gasteiger partial charge on any atom is 0.309 e. The third-order valence-electron chi connectivity index (χ3n) is 6.00. The van der Waals surface area contributed by atoms with Crippen molar-refractivity contribution in [3.8, 4) is 22.9 Å². The number of hydrogen-bond acceptors (Lipinski definition) is 7. The normalized spacial score (nSPS) is 16.7. The Bertz CT molecular complexity index is 1270. The van der Waals surface area contributed by atoms with Crippen LogP contribution in [0.3, 0.4) is 0 Å². The van der Waals surface area contributed by atoms with Crippen LogP contribution in [0.1, 0.15) is 55.0 Å². The number of aliphatic hydroxyl groups is 1. The van der Waals surface area contributed by atoms with Gasteiger partial charge in [0.25, 0.3) is 0 Å². The fourth-order valence-electron chi connectivity index (χ4n) is 4.01. The predicted molar refractivity (Wildman–Crippen MR) is 121 cm³/mol. The standard InChI is InChI=1S/C25H25F2N3O5/c1-4-34-20-9-16(17(26)10-28-20)22-13(3)30-18(11-29-22)19-8-6-14-5-7-15(21(27)24(14)35-19)23(31)12(2)25(32)33/h5,7,9-12,19,23,31H,4,6,8H2,1-3H3,(H,32,33)/t12-,19?,23+/m0/s1. The Kier molecular flexibility index (Phi) is 6.93. The average Bonchev–Trinajstić information content (AvgIpc) is 2.84. The minimum absolute atomic E-state index is 0.0412. The van der Waals surface area contributed by atoms with E-state index in [4.69, 9.17) is 14.6 Å². The van der Waals surface area contributed by atoms with E-state index >= 15 is 4.39 Å². The van der Waals surface area contributed by atoms with E-state index in [1.54, 1.807) is 19.9 Å². The molecule has 3 aromatic rings. The van der Waals surface area contributed by atoms with Gasteiger partial charge in [0.15, 0.2) is 17.4 Å². The number of halogens is 2. The van der Waals surface area contributed by atoms with Crippen molar-refractivity contribution in [2.45, 2.75) is 45.8 Å². The Hall–Kier alpha value is -3.66. The van der Waals surface area contributed by atoms with Crippen molar-refractivity contribution in [1.29, 1.82) is 0 Å². The topological polar surface area (TPSA) is 115 Å². The van der Waals surface area contributed by atoms with Crippen molar-refractivity contribution in [3.05, 3.63) is 64.7 Å². The van der Waals surface area contributed by atoms with E-state index < -0.39 is 35.7 Å². The van der Waals surface area contributed by atoms with Gasteiger partial charge in [-0.1, -0.05) is 12.1 Å². The first-order valence-electron chi connectivity index (χ1n) is 11.2. The van der Waals surface area contributed by atoms with Crippen LogP contribution in [0.25, 0.3) is 11.3 Å². The van der Waals surface area contributed by atoms with E-state index in [9.17, 15) is 14.3 Å². The second-order valence-electron chi connectivity index (χ2n) is 8.34. The lowest BCUT2D eigenvalue weighted by Crippen LogP contribution is -2.22. The molecule has 2 N–H and O–H groups in total. The molecule has 3 atom stereocenters. The zero-order chi connectivity index (χ0) is 25.3. The molecule has 0 amide bonds. The number of rotatable bonds is 7. The number of aliphatic carboxylic acids is 1. The fraction of sp³-hybridized carbons (Fsp3) is 0.360. The number of nitrogens with zero attached hydrogens (tertiary/aromatic N) is 3. The van der Waals surface area contributed by atoms with Gasteiger partial charge in [-0.3, -0.25) is 14.8 Å². The molecule has 0 saturated heterocycles. The van der Waals surface area contributed by atoms with Crippen molar-refractivity contribution in [1.82, 2.24) is 15.0 Å². The molecule has 1 aliphatic heterocycles. The summed E-state index contributed by atoms with van der Waals surface area (Å²) in [6, 6.07) is 4.48. The second kappa shape index (κ2) is 9.91. The Morgan fingerprint density at radius 3 is 2.74 bits per heavy atom. The van der Waals surface area contributed by atoms with Crippen LogP contribution in [-0.4, -0.2) is 37.7 Å². The molecule has 0 aliphatic carbocycles. The third-order valence-corrected chi connectivity index (χ3v) is 6.00. The lowest BCUT2D eigenvalue weighted by Gasteiger charge is -2.28. The maximum absolute atomic E-state index is 15.3. The summed E-state index contributed by atoms with van der Waals surface area (Å²) in [5.41, 5.74) is 1.89. The zero-order valence-corrected chi connectivity index (χ0v) is 19.5. The Labute approximate surface area is 200 Å². The van der Waals surface area contributed by atoms with Gasteiger partial charge in [-0.05, 0) is 39.2 Å². The highest BCUT2D eigenvalue weighted by Gasteiger charge is 2.31. The van der Waals surface area contributed by atoms with Gasteiger partial charge < -0.3 is 19.7 Å². The molecule has 4 rings (SSSR count). The number of carbonyl (C=O) groups is 1. The van der Waals surface area contributed by atoms with Crippen molar-refractivity contribution < 1.29 is 33.3 Å². The zero-order valence-electron chi connectivity index (χ0n) is 19.5. The van der Waals surface area contributed by atoms with Crippen molar-refractivity contribution in [2.75, 3.05) is 6.61 Å². The van der Waals surface area contributed by atoms with Crippen molar-refractivity contribution in [2.24, 2.45) is 5.92 Å². The molecule has 0 radical (unpaired) electrons. The van der Waals surface area contributed by atoms with Crippen molar-refractivity contribution >= 4 is 5.97 Å². The van der Waals surface area contributed by atoms with Crippen LogP contribution in [-0.2, 0) is 11.2 Å². The minimum atomic E-state index is -1.53.